The molecule has 20 heavy (non-hydrogen) atoms. The maximum absolute atomic E-state index is 4.12. The van der Waals surface area contributed by atoms with E-state index in [2.05, 4.69) is 20.4 Å². The summed E-state index contributed by atoms with van der Waals surface area (Å²) in [5.41, 5.74) is 0. The highest BCUT2D eigenvalue weighted by atomic mass is 32.2. The van der Waals surface area contributed by atoms with Crippen LogP contribution in [-0.4, -0.2) is 31.9 Å². The molecule has 0 saturated heterocycles. The van der Waals surface area contributed by atoms with Crippen LogP contribution in [0.4, 0.5) is 0 Å². The van der Waals surface area contributed by atoms with Crippen LogP contribution < -0.4 is 0 Å². The minimum Gasteiger partial charge on any atom is -0.143 e. The van der Waals surface area contributed by atoms with Gasteiger partial charge in [0.05, 0.1) is 0 Å². The number of aryl methyl sites for hydroxylation is 2. The average molecular weight is 347 g/mol. The molecule has 0 aliphatic rings. The molecule has 0 aliphatic carbocycles. The molecule has 2 aromatic heterocycles. The summed E-state index contributed by atoms with van der Waals surface area (Å²) in [6.45, 7) is 4.00. The topological polar surface area (TPSA) is 51.6 Å². The summed E-state index contributed by atoms with van der Waals surface area (Å²) in [5.74, 6) is 2.30. The first-order valence-corrected chi connectivity index (χ1v) is 10.2. The molecule has 2 aromatic rings. The lowest BCUT2D eigenvalue weighted by Crippen LogP contribution is -1.84. The van der Waals surface area contributed by atoms with Crippen molar-refractivity contribution in [1.29, 1.82) is 0 Å². The van der Waals surface area contributed by atoms with E-state index in [-0.39, 0.29) is 0 Å². The van der Waals surface area contributed by atoms with Crippen LogP contribution in [0.3, 0.4) is 0 Å². The summed E-state index contributed by atoms with van der Waals surface area (Å²) in [6, 6.07) is 0. The zero-order chi connectivity index (χ0) is 14.2. The third-order valence-corrected chi connectivity index (χ3v) is 6.62. The largest absolute Gasteiger partial charge is 0.174 e. The highest BCUT2D eigenvalue weighted by molar-refractivity contribution is 8.01. The molecule has 0 aliphatic heterocycles. The van der Waals surface area contributed by atoms with E-state index in [4.69, 9.17) is 0 Å². The SMILES string of the molecule is Cc1nnc(SCCCCCCSc2nnc(C)s2)s1. The Balaban J connectivity index is 1.44. The van der Waals surface area contributed by atoms with Gasteiger partial charge in [-0.05, 0) is 26.7 Å². The molecule has 2 heterocycles. The second-order valence-electron chi connectivity index (χ2n) is 4.29. The van der Waals surface area contributed by atoms with E-state index in [1.54, 1.807) is 22.7 Å². The van der Waals surface area contributed by atoms with Crippen LogP contribution in [0.15, 0.2) is 8.68 Å². The van der Waals surface area contributed by atoms with Gasteiger partial charge in [-0.1, -0.05) is 59.0 Å². The molecule has 0 N–H and O–H groups in total. The first-order valence-electron chi connectivity index (χ1n) is 6.60. The van der Waals surface area contributed by atoms with Gasteiger partial charge in [0.25, 0.3) is 0 Å². The van der Waals surface area contributed by atoms with Gasteiger partial charge in [-0.25, -0.2) is 0 Å². The standard InChI is InChI=1S/C12H18N4S4/c1-9-13-15-11(19-9)17-7-5-3-4-6-8-18-12-16-14-10(2)20-12/h3-8H2,1-2H3. The number of rotatable bonds is 9. The van der Waals surface area contributed by atoms with Crippen LogP contribution in [-0.2, 0) is 0 Å². The van der Waals surface area contributed by atoms with Crippen molar-refractivity contribution < 1.29 is 0 Å². The van der Waals surface area contributed by atoms with Crippen LogP contribution in [0.5, 0.6) is 0 Å². The van der Waals surface area contributed by atoms with Crippen LogP contribution >= 0.6 is 46.2 Å². The van der Waals surface area contributed by atoms with E-state index >= 15 is 0 Å². The number of aromatic nitrogens is 4. The molecule has 2 rings (SSSR count). The number of hydrogen-bond acceptors (Lipinski definition) is 8. The van der Waals surface area contributed by atoms with E-state index in [1.807, 2.05) is 37.4 Å². The van der Waals surface area contributed by atoms with Crippen molar-refractivity contribution in [2.45, 2.75) is 48.2 Å². The molecule has 0 saturated carbocycles. The van der Waals surface area contributed by atoms with Gasteiger partial charge in [0.1, 0.15) is 10.0 Å². The maximum atomic E-state index is 4.12. The molecule has 0 bridgehead atoms. The monoisotopic (exact) mass is 346 g/mol. The minimum absolute atomic E-state index is 1.05. The lowest BCUT2D eigenvalue weighted by molar-refractivity contribution is 0.711. The van der Waals surface area contributed by atoms with Gasteiger partial charge in [-0.2, -0.15) is 0 Å². The summed E-state index contributed by atoms with van der Waals surface area (Å²) in [7, 11) is 0. The third kappa shape index (κ3) is 6.07. The third-order valence-electron chi connectivity index (χ3n) is 2.50. The van der Waals surface area contributed by atoms with E-state index in [9.17, 15) is 0 Å². The molecule has 0 unspecified atom stereocenters. The molecule has 8 heteroatoms. The van der Waals surface area contributed by atoms with Gasteiger partial charge < -0.3 is 0 Å². The van der Waals surface area contributed by atoms with Crippen molar-refractivity contribution in [2.75, 3.05) is 11.5 Å². The van der Waals surface area contributed by atoms with Crippen molar-refractivity contribution in [3.8, 4) is 0 Å². The molecule has 0 aromatic carbocycles. The van der Waals surface area contributed by atoms with Gasteiger partial charge in [-0.15, -0.1) is 20.4 Å². The zero-order valence-corrected chi connectivity index (χ0v) is 14.9. The van der Waals surface area contributed by atoms with Crippen LogP contribution in [0.1, 0.15) is 35.7 Å². The molecule has 0 atom stereocenters. The summed E-state index contributed by atoms with van der Waals surface area (Å²) in [6.07, 6.45) is 5.10. The summed E-state index contributed by atoms with van der Waals surface area (Å²) in [4.78, 5) is 0. The van der Waals surface area contributed by atoms with Gasteiger partial charge in [0.2, 0.25) is 0 Å². The van der Waals surface area contributed by atoms with Gasteiger partial charge in [-0.3, -0.25) is 0 Å². The Bertz CT molecular complexity index is 465. The summed E-state index contributed by atoms with van der Waals surface area (Å²) < 4.78 is 2.20. The van der Waals surface area contributed by atoms with Crippen LogP contribution in [0.2, 0.25) is 0 Å². The predicted octanol–water partition coefficient (Wildman–Crippen LogP) is 4.45. The summed E-state index contributed by atoms with van der Waals surface area (Å²) in [5, 5.41) is 18.4. The Hall–Kier alpha value is -0.180. The first-order chi connectivity index (χ1) is 9.74. The number of hydrogen-bond donors (Lipinski definition) is 0. The smallest absolute Gasteiger partial charge is 0.143 e. The number of unbranched alkanes of at least 4 members (excludes halogenated alkanes) is 3. The summed E-state index contributed by atoms with van der Waals surface area (Å²) >= 11 is 7.03. The normalized spacial score (nSPS) is 11.1. The average Bonchev–Trinajstić information content (AvgIpc) is 3.02. The Labute approximate surface area is 136 Å². The molecule has 0 spiro atoms. The fourth-order valence-corrected chi connectivity index (χ4v) is 5.32. The lowest BCUT2D eigenvalue weighted by Gasteiger charge is -1.99. The molecule has 0 fully saturated rings. The fraction of sp³-hybridized carbons (Fsp3) is 0.667. The minimum atomic E-state index is 1.05. The maximum Gasteiger partial charge on any atom is 0.174 e. The zero-order valence-electron chi connectivity index (χ0n) is 11.7. The van der Waals surface area contributed by atoms with Crippen molar-refractivity contribution >= 4 is 46.2 Å². The Morgan fingerprint density at radius 1 is 0.700 bits per heavy atom. The van der Waals surface area contributed by atoms with Gasteiger partial charge in [0, 0.05) is 11.5 Å². The van der Waals surface area contributed by atoms with Gasteiger partial charge in [0.15, 0.2) is 8.68 Å². The first kappa shape index (κ1) is 16.2. The Morgan fingerprint density at radius 2 is 1.15 bits per heavy atom. The molecule has 4 nitrogen and oxygen atoms in total. The van der Waals surface area contributed by atoms with Crippen LogP contribution in [0.25, 0.3) is 0 Å². The Morgan fingerprint density at radius 3 is 1.50 bits per heavy atom. The van der Waals surface area contributed by atoms with Gasteiger partial charge >= 0.3 is 0 Å². The highest BCUT2D eigenvalue weighted by Crippen LogP contribution is 2.24. The lowest BCUT2D eigenvalue weighted by atomic mass is 10.2. The second-order valence-corrected chi connectivity index (χ2v) is 9.33. The quantitative estimate of drug-likeness (QED) is 0.494. The van der Waals surface area contributed by atoms with Crippen molar-refractivity contribution in [1.82, 2.24) is 20.4 Å². The molecule has 0 amide bonds. The van der Waals surface area contributed by atoms with E-state index in [0.717, 1.165) is 30.2 Å². The number of nitrogens with zero attached hydrogens (tertiary/aromatic N) is 4. The van der Waals surface area contributed by atoms with E-state index in [0.29, 0.717) is 0 Å². The second kappa shape index (κ2) is 8.96. The van der Waals surface area contributed by atoms with Crippen molar-refractivity contribution in [2.24, 2.45) is 0 Å². The molecular formula is C12H18N4S4. The Kier molecular flexibility index (Phi) is 7.26. The van der Waals surface area contributed by atoms with Crippen LogP contribution in [0, 0.1) is 13.8 Å². The van der Waals surface area contributed by atoms with E-state index < -0.39 is 0 Å². The number of thioether (sulfide) groups is 2. The van der Waals surface area contributed by atoms with Crippen molar-refractivity contribution in [3.63, 3.8) is 0 Å². The van der Waals surface area contributed by atoms with E-state index in [1.165, 1.54) is 25.7 Å². The molecule has 0 radical (unpaired) electrons. The fourth-order valence-electron chi connectivity index (χ4n) is 1.55. The molecule has 110 valence electrons. The van der Waals surface area contributed by atoms with Crippen molar-refractivity contribution in [3.05, 3.63) is 10.0 Å². The predicted molar refractivity (Wildman–Crippen MR) is 89.2 cm³/mol. The highest BCUT2D eigenvalue weighted by Gasteiger charge is 2.02. The molecular weight excluding hydrogens is 328 g/mol.